The van der Waals surface area contributed by atoms with E-state index in [-0.39, 0.29) is 31.6 Å². The predicted octanol–water partition coefficient (Wildman–Crippen LogP) is 15.4. The SMILES string of the molecule is CCC\C=C/C=C\C=C/C=C\C=C/CCCCCCCC(=O)OCC(COC(=O)CCCCCC/C=C\CCCC)OC(=O)CC/C=C\C/C=C\CCCCCCCC. The van der Waals surface area contributed by atoms with Crippen molar-refractivity contribution in [1.82, 2.24) is 0 Å². The van der Waals surface area contributed by atoms with E-state index in [1.54, 1.807) is 0 Å². The van der Waals surface area contributed by atoms with Crippen LogP contribution in [0.1, 0.15) is 201 Å². The van der Waals surface area contributed by atoms with Gasteiger partial charge in [-0.05, 0) is 77.0 Å². The molecule has 0 aromatic rings. The molecular weight excluding hydrogens is 733 g/mol. The minimum absolute atomic E-state index is 0.116. The average Bonchev–Trinajstić information content (AvgIpc) is 3.23. The fraction of sp³-hybridized carbons (Fsp3) is 0.642. The molecular formula is C53H86O6. The number of ether oxygens (including phenoxy) is 3. The molecule has 0 aliphatic heterocycles. The van der Waals surface area contributed by atoms with Crippen LogP contribution in [-0.2, 0) is 28.6 Å². The predicted molar refractivity (Wildman–Crippen MR) is 251 cm³/mol. The molecule has 0 fully saturated rings. The Labute approximate surface area is 362 Å². The van der Waals surface area contributed by atoms with Gasteiger partial charge in [0, 0.05) is 19.3 Å². The molecule has 1 atom stereocenters. The molecule has 334 valence electrons. The maximum absolute atomic E-state index is 12.7. The zero-order chi connectivity index (χ0) is 43.0. The van der Waals surface area contributed by atoms with E-state index in [0.29, 0.717) is 19.3 Å². The van der Waals surface area contributed by atoms with Crippen molar-refractivity contribution in [3.8, 4) is 0 Å². The number of carbonyl (C=O) groups is 3. The van der Waals surface area contributed by atoms with Crippen molar-refractivity contribution in [2.24, 2.45) is 0 Å². The first-order valence-corrected chi connectivity index (χ1v) is 23.8. The maximum Gasteiger partial charge on any atom is 0.306 e. The lowest BCUT2D eigenvalue weighted by Gasteiger charge is -2.18. The quantitative estimate of drug-likeness (QED) is 0.0201. The van der Waals surface area contributed by atoms with E-state index in [1.165, 1.54) is 57.8 Å². The van der Waals surface area contributed by atoms with Gasteiger partial charge in [-0.15, -0.1) is 0 Å². The number of unbranched alkanes of at least 4 members (excludes halogenated alkanes) is 18. The molecule has 0 saturated heterocycles. The third kappa shape index (κ3) is 45.3. The summed E-state index contributed by atoms with van der Waals surface area (Å²) in [5.41, 5.74) is 0. The van der Waals surface area contributed by atoms with Crippen LogP contribution in [0.3, 0.4) is 0 Å². The van der Waals surface area contributed by atoms with E-state index >= 15 is 0 Å². The smallest absolute Gasteiger partial charge is 0.306 e. The molecule has 0 amide bonds. The zero-order valence-electron chi connectivity index (χ0n) is 38.0. The molecule has 0 N–H and O–H groups in total. The highest BCUT2D eigenvalue weighted by Crippen LogP contribution is 2.12. The largest absolute Gasteiger partial charge is 0.462 e. The second-order valence-electron chi connectivity index (χ2n) is 15.4. The maximum atomic E-state index is 12.7. The summed E-state index contributed by atoms with van der Waals surface area (Å²) in [6, 6.07) is 0. The number of hydrogen-bond acceptors (Lipinski definition) is 6. The zero-order valence-corrected chi connectivity index (χ0v) is 38.0. The Hall–Kier alpha value is -3.67. The molecule has 6 nitrogen and oxygen atoms in total. The second kappa shape index (κ2) is 47.0. The van der Waals surface area contributed by atoms with Gasteiger partial charge in [0.2, 0.25) is 0 Å². The molecule has 0 radical (unpaired) electrons. The van der Waals surface area contributed by atoms with E-state index in [4.69, 9.17) is 14.2 Å². The van der Waals surface area contributed by atoms with E-state index in [1.807, 2.05) is 42.5 Å². The molecule has 0 spiro atoms. The fourth-order valence-electron chi connectivity index (χ4n) is 6.03. The van der Waals surface area contributed by atoms with Crippen LogP contribution < -0.4 is 0 Å². The summed E-state index contributed by atoms with van der Waals surface area (Å²) in [7, 11) is 0. The number of allylic oxidation sites excluding steroid dienone is 16. The summed E-state index contributed by atoms with van der Waals surface area (Å²) in [5, 5.41) is 0. The Kier molecular flexibility index (Phi) is 44.1. The fourth-order valence-corrected chi connectivity index (χ4v) is 6.03. The van der Waals surface area contributed by atoms with Gasteiger partial charge in [0.1, 0.15) is 13.2 Å². The minimum Gasteiger partial charge on any atom is -0.462 e. The summed E-state index contributed by atoms with van der Waals surface area (Å²) in [6.07, 6.45) is 61.1. The Morgan fingerprint density at radius 3 is 1.29 bits per heavy atom. The van der Waals surface area contributed by atoms with Crippen LogP contribution >= 0.6 is 0 Å². The number of carbonyl (C=O) groups excluding carboxylic acids is 3. The highest BCUT2D eigenvalue weighted by Gasteiger charge is 2.19. The Morgan fingerprint density at radius 1 is 0.356 bits per heavy atom. The highest BCUT2D eigenvalue weighted by atomic mass is 16.6. The van der Waals surface area contributed by atoms with Crippen molar-refractivity contribution in [2.45, 2.75) is 207 Å². The van der Waals surface area contributed by atoms with Crippen molar-refractivity contribution >= 4 is 17.9 Å². The van der Waals surface area contributed by atoms with Crippen molar-refractivity contribution in [3.63, 3.8) is 0 Å². The lowest BCUT2D eigenvalue weighted by atomic mass is 10.1. The van der Waals surface area contributed by atoms with Gasteiger partial charge in [-0.2, -0.15) is 0 Å². The molecule has 1 unspecified atom stereocenters. The van der Waals surface area contributed by atoms with Crippen LogP contribution in [0.15, 0.2) is 97.2 Å². The van der Waals surface area contributed by atoms with Crippen molar-refractivity contribution in [1.29, 1.82) is 0 Å². The summed E-state index contributed by atoms with van der Waals surface area (Å²) in [4.78, 5) is 37.7. The molecule has 0 aromatic heterocycles. The van der Waals surface area contributed by atoms with Crippen LogP contribution in [0.2, 0.25) is 0 Å². The van der Waals surface area contributed by atoms with E-state index in [9.17, 15) is 14.4 Å². The normalized spacial score (nSPS) is 12.9. The van der Waals surface area contributed by atoms with E-state index in [2.05, 4.69) is 75.5 Å². The number of hydrogen-bond donors (Lipinski definition) is 0. The van der Waals surface area contributed by atoms with Crippen molar-refractivity contribution in [2.75, 3.05) is 13.2 Å². The monoisotopic (exact) mass is 819 g/mol. The molecule has 0 heterocycles. The first-order valence-electron chi connectivity index (χ1n) is 23.8. The molecule has 6 heteroatoms. The number of esters is 3. The third-order valence-corrected chi connectivity index (χ3v) is 9.65. The molecule has 0 aliphatic carbocycles. The first-order chi connectivity index (χ1) is 29.0. The van der Waals surface area contributed by atoms with Gasteiger partial charge < -0.3 is 14.2 Å². The Balaban J connectivity index is 4.51. The molecule has 0 saturated carbocycles. The van der Waals surface area contributed by atoms with Crippen LogP contribution in [0.4, 0.5) is 0 Å². The van der Waals surface area contributed by atoms with E-state index in [0.717, 1.165) is 96.3 Å². The molecule has 0 aliphatic rings. The summed E-state index contributed by atoms with van der Waals surface area (Å²) < 4.78 is 16.6. The Bertz CT molecular complexity index is 1220. The third-order valence-electron chi connectivity index (χ3n) is 9.65. The van der Waals surface area contributed by atoms with Gasteiger partial charge >= 0.3 is 17.9 Å². The van der Waals surface area contributed by atoms with Crippen molar-refractivity contribution < 1.29 is 28.6 Å². The topological polar surface area (TPSA) is 78.9 Å². The van der Waals surface area contributed by atoms with Gasteiger partial charge in [0.25, 0.3) is 0 Å². The standard InChI is InChI=1S/C53H86O6/c1-4-7-10-13-16-19-22-24-25-26-27-28-30-31-34-37-40-43-46-52(55)58-49-50(48-57-51(54)45-42-39-36-33-21-18-15-12-9-6-3)59-53(56)47-44-41-38-35-32-29-23-20-17-14-11-8-5-2/h10,13,15-16,18-19,22,24-29,32,38,41,50H,4-9,11-12,14,17,20-21,23,30-31,33-37,39-40,42-49H2,1-3H3/b13-10-,18-15-,19-16-,24-22-,26-25-,28-27-,32-29-,41-38-. The minimum atomic E-state index is -0.822. The lowest BCUT2D eigenvalue weighted by molar-refractivity contribution is -0.166. The summed E-state index contributed by atoms with van der Waals surface area (Å²) in [6.45, 7) is 6.39. The lowest BCUT2D eigenvalue weighted by Crippen LogP contribution is -2.30. The average molecular weight is 819 g/mol. The van der Waals surface area contributed by atoms with E-state index < -0.39 is 12.1 Å². The van der Waals surface area contributed by atoms with Gasteiger partial charge in [-0.25, -0.2) is 0 Å². The van der Waals surface area contributed by atoms with Crippen molar-refractivity contribution in [3.05, 3.63) is 97.2 Å². The number of rotatable bonds is 41. The summed E-state index contributed by atoms with van der Waals surface area (Å²) >= 11 is 0. The van der Waals surface area contributed by atoms with Crippen LogP contribution in [0.25, 0.3) is 0 Å². The van der Waals surface area contributed by atoms with Crippen LogP contribution in [0.5, 0.6) is 0 Å². The molecule has 0 rings (SSSR count). The Morgan fingerprint density at radius 2 is 0.763 bits per heavy atom. The molecule has 0 bridgehead atoms. The van der Waals surface area contributed by atoms with Gasteiger partial charge in [0.05, 0.1) is 0 Å². The van der Waals surface area contributed by atoms with Crippen LogP contribution in [0, 0.1) is 0 Å². The van der Waals surface area contributed by atoms with Gasteiger partial charge in [-0.3, -0.25) is 14.4 Å². The second-order valence-corrected chi connectivity index (χ2v) is 15.4. The first kappa shape index (κ1) is 55.3. The van der Waals surface area contributed by atoms with Crippen LogP contribution in [-0.4, -0.2) is 37.2 Å². The molecule has 59 heavy (non-hydrogen) atoms. The molecule has 0 aromatic carbocycles. The summed E-state index contributed by atoms with van der Waals surface area (Å²) in [5.74, 6) is -1.03. The van der Waals surface area contributed by atoms with Gasteiger partial charge in [0.15, 0.2) is 6.10 Å². The highest BCUT2D eigenvalue weighted by molar-refractivity contribution is 5.71. The van der Waals surface area contributed by atoms with Gasteiger partial charge in [-0.1, -0.05) is 201 Å².